The molecule has 29 heavy (non-hydrogen) atoms. The molecule has 1 fully saturated rings. The third-order valence-electron chi connectivity index (χ3n) is 5.56. The summed E-state index contributed by atoms with van der Waals surface area (Å²) in [6.07, 6.45) is 2.99. The summed E-state index contributed by atoms with van der Waals surface area (Å²) in [7, 11) is 1.21. The van der Waals surface area contributed by atoms with Crippen LogP contribution in [0.5, 0.6) is 0 Å². The van der Waals surface area contributed by atoms with Gasteiger partial charge in [-0.2, -0.15) is 5.26 Å². The summed E-state index contributed by atoms with van der Waals surface area (Å²) in [4.78, 5) is 25.4. The largest absolute Gasteiger partial charge is 0.469 e. The van der Waals surface area contributed by atoms with Gasteiger partial charge < -0.3 is 20.1 Å². The topological polar surface area (TPSA) is 129 Å². The van der Waals surface area contributed by atoms with Crippen molar-refractivity contribution in [3.8, 4) is 6.07 Å². The van der Waals surface area contributed by atoms with E-state index >= 15 is 0 Å². The Morgan fingerprint density at radius 3 is 2.69 bits per heavy atom. The molecule has 9 heteroatoms. The van der Waals surface area contributed by atoms with E-state index in [0.29, 0.717) is 24.5 Å². The van der Waals surface area contributed by atoms with Crippen molar-refractivity contribution in [1.82, 2.24) is 10.2 Å². The van der Waals surface area contributed by atoms with Crippen molar-refractivity contribution in [3.05, 3.63) is 51.3 Å². The van der Waals surface area contributed by atoms with Gasteiger partial charge in [0.1, 0.15) is 17.5 Å². The summed E-state index contributed by atoms with van der Waals surface area (Å²) in [5.74, 6) is -2.28. The fraction of sp³-hybridized carbons (Fsp3) is 0.500. The van der Waals surface area contributed by atoms with Crippen molar-refractivity contribution in [2.75, 3.05) is 20.2 Å². The lowest BCUT2D eigenvalue weighted by Crippen LogP contribution is -2.60. The normalized spacial score (nSPS) is 27.0. The summed E-state index contributed by atoms with van der Waals surface area (Å²) in [6.45, 7) is 2.89. The van der Waals surface area contributed by atoms with E-state index < -0.39 is 28.5 Å². The third kappa shape index (κ3) is 3.89. The second kappa shape index (κ2) is 8.09. The van der Waals surface area contributed by atoms with Gasteiger partial charge in [0, 0.05) is 31.1 Å². The number of likely N-dealkylation sites (tertiary alicyclic amines) is 1. The molecule has 3 rings (SSSR count). The van der Waals surface area contributed by atoms with Crippen LogP contribution < -0.4 is 5.32 Å². The standard InChI is InChI=1S/C20H24N4O5/c1-20(26)17(19(25)29-2)16(13-7-6-8-14(11-13)24(27)28)15(12-21)18(22-20)23-9-4-3-5-10-23/h6-8,11,16-17,22,26H,3-5,9-10H2,1-2H3. The number of ether oxygens (including phenoxy) is 1. The van der Waals surface area contributed by atoms with E-state index in [1.54, 1.807) is 6.07 Å². The predicted molar refractivity (Wildman–Crippen MR) is 103 cm³/mol. The molecule has 2 aliphatic rings. The molecule has 3 atom stereocenters. The molecular formula is C20H24N4O5. The highest BCUT2D eigenvalue weighted by Gasteiger charge is 2.51. The predicted octanol–water partition coefficient (Wildman–Crippen LogP) is 2.00. The Labute approximate surface area is 168 Å². The van der Waals surface area contributed by atoms with Gasteiger partial charge in [-0.3, -0.25) is 14.9 Å². The van der Waals surface area contributed by atoms with E-state index in [-0.39, 0.29) is 11.3 Å². The molecule has 154 valence electrons. The Kier molecular flexibility index (Phi) is 5.75. The number of piperidine rings is 1. The number of aliphatic hydroxyl groups is 1. The first kappa shape index (κ1) is 20.6. The maximum atomic E-state index is 12.6. The van der Waals surface area contributed by atoms with Gasteiger partial charge in [-0.15, -0.1) is 0 Å². The molecule has 1 aromatic rings. The first-order valence-electron chi connectivity index (χ1n) is 9.52. The Morgan fingerprint density at radius 2 is 2.10 bits per heavy atom. The van der Waals surface area contributed by atoms with E-state index in [0.717, 1.165) is 19.3 Å². The maximum Gasteiger partial charge on any atom is 0.314 e. The number of carbonyl (C=O) groups is 1. The lowest BCUT2D eigenvalue weighted by Gasteiger charge is -2.46. The third-order valence-corrected chi connectivity index (χ3v) is 5.56. The van der Waals surface area contributed by atoms with Crippen molar-refractivity contribution in [2.45, 2.75) is 37.8 Å². The first-order valence-corrected chi connectivity index (χ1v) is 9.52. The van der Waals surface area contributed by atoms with E-state index in [1.807, 2.05) is 4.90 Å². The van der Waals surface area contributed by atoms with E-state index in [1.165, 1.54) is 32.2 Å². The monoisotopic (exact) mass is 400 g/mol. The molecular weight excluding hydrogens is 376 g/mol. The molecule has 1 aromatic carbocycles. The number of nitro groups is 1. The number of nitrogens with zero attached hydrogens (tertiary/aromatic N) is 3. The molecule has 0 bridgehead atoms. The van der Waals surface area contributed by atoms with Crippen LogP contribution in [0.1, 0.15) is 37.7 Å². The van der Waals surface area contributed by atoms with Gasteiger partial charge in [-0.25, -0.2) is 0 Å². The quantitative estimate of drug-likeness (QED) is 0.446. The smallest absolute Gasteiger partial charge is 0.314 e. The van der Waals surface area contributed by atoms with Crippen LogP contribution in [0.3, 0.4) is 0 Å². The minimum Gasteiger partial charge on any atom is -0.469 e. The molecule has 3 unspecified atom stereocenters. The molecule has 2 N–H and O–H groups in total. The molecule has 0 radical (unpaired) electrons. The van der Waals surface area contributed by atoms with Gasteiger partial charge in [-0.1, -0.05) is 12.1 Å². The van der Waals surface area contributed by atoms with Crippen molar-refractivity contribution >= 4 is 11.7 Å². The highest BCUT2D eigenvalue weighted by molar-refractivity contribution is 5.77. The molecule has 0 saturated carbocycles. The van der Waals surface area contributed by atoms with Gasteiger partial charge in [-0.05, 0) is 31.7 Å². The maximum absolute atomic E-state index is 12.6. The zero-order valence-electron chi connectivity index (χ0n) is 16.4. The molecule has 2 heterocycles. The fourth-order valence-corrected chi connectivity index (χ4v) is 4.20. The van der Waals surface area contributed by atoms with Gasteiger partial charge >= 0.3 is 5.97 Å². The number of nitriles is 1. The summed E-state index contributed by atoms with van der Waals surface area (Å²) in [5.41, 5.74) is -1.20. The van der Waals surface area contributed by atoms with E-state index in [2.05, 4.69) is 11.4 Å². The van der Waals surface area contributed by atoms with Crippen LogP contribution in [0, 0.1) is 27.4 Å². The van der Waals surface area contributed by atoms with Crippen molar-refractivity contribution in [2.24, 2.45) is 5.92 Å². The number of non-ortho nitro benzene ring substituents is 1. The number of nitrogens with one attached hydrogen (secondary N) is 1. The first-order chi connectivity index (χ1) is 13.8. The summed E-state index contributed by atoms with van der Waals surface area (Å²) >= 11 is 0. The number of methoxy groups -OCH3 is 1. The second-order valence-electron chi connectivity index (χ2n) is 7.52. The highest BCUT2D eigenvalue weighted by atomic mass is 16.6. The lowest BCUT2D eigenvalue weighted by molar-refractivity contribution is -0.384. The summed E-state index contributed by atoms with van der Waals surface area (Å²) in [5, 5.41) is 35.4. The number of carbonyl (C=O) groups excluding carboxylic acids is 1. The average Bonchev–Trinajstić information content (AvgIpc) is 2.72. The number of hydrogen-bond donors (Lipinski definition) is 2. The average molecular weight is 400 g/mol. The zero-order chi connectivity index (χ0) is 21.2. The van der Waals surface area contributed by atoms with Crippen LogP contribution in [-0.4, -0.2) is 46.8 Å². The molecule has 0 aliphatic carbocycles. The number of esters is 1. The molecule has 2 aliphatic heterocycles. The molecule has 1 saturated heterocycles. The van der Waals surface area contributed by atoms with Crippen molar-refractivity contribution in [1.29, 1.82) is 5.26 Å². The van der Waals surface area contributed by atoms with Crippen LogP contribution in [-0.2, 0) is 9.53 Å². The minimum absolute atomic E-state index is 0.152. The van der Waals surface area contributed by atoms with Crippen LogP contribution in [0.4, 0.5) is 5.69 Å². The van der Waals surface area contributed by atoms with Crippen LogP contribution in [0.2, 0.25) is 0 Å². The number of allylic oxidation sites excluding steroid dienone is 1. The van der Waals surface area contributed by atoms with Gasteiger partial charge in [0.2, 0.25) is 0 Å². The Bertz CT molecular complexity index is 883. The summed E-state index contributed by atoms with van der Waals surface area (Å²) in [6, 6.07) is 8.00. The number of nitro benzene ring substituents is 1. The van der Waals surface area contributed by atoms with Crippen molar-refractivity contribution in [3.63, 3.8) is 0 Å². The van der Waals surface area contributed by atoms with Gasteiger partial charge in [0.15, 0.2) is 0 Å². The number of benzene rings is 1. The zero-order valence-corrected chi connectivity index (χ0v) is 16.4. The second-order valence-corrected chi connectivity index (χ2v) is 7.52. The SMILES string of the molecule is COC(=O)C1C(c2cccc([N+](=O)[O-])c2)C(C#N)=C(N2CCCCC2)NC1(C)O. The van der Waals surface area contributed by atoms with Crippen LogP contribution in [0.25, 0.3) is 0 Å². The fourth-order valence-electron chi connectivity index (χ4n) is 4.20. The number of rotatable bonds is 4. The minimum atomic E-state index is -1.71. The molecule has 0 amide bonds. The highest BCUT2D eigenvalue weighted by Crippen LogP contribution is 2.44. The Morgan fingerprint density at radius 1 is 1.41 bits per heavy atom. The van der Waals surface area contributed by atoms with Gasteiger partial charge in [0.05, 0.1) is 23.7 Å². The molecule has 0 aromatic heterocycles. The number of hydrogen-bond acceptors (Lipinski definition) is 8. The van der Waals surface area contributed by atoms with Crippen LogP contribution in [0.15, 0.2) is 35.7 Å². The van der Waals surface area contributed by atoms with E-state index in [4.69, 9.17) is 4.74 Å². The van der Waals surface area contributed by atoms with Crippen LogP contribution >= 0.6 is 0 Å². The van der Waals surface area contributed by atoms with E-state index in [9.17, 15) is 25.3 Å². The molecule has 9 nitrogen and oxygen atoms in total. The Balaban J connectivity index is 2.21. The molecule has 0 spiro atoms. The Hall–Kier alpha value is -3.12. The lowest BCUT2D eigenvalue weighted by atomic mass is 9.73. The summed E-state index contributed by atoms with van der Waals surface area (Å²) < 4.78 is 4.91. The van der Waals surface area contributed by atoms with Crippen molar-refractivity contribution < 1.29 is 19.6 Å². The van der Waals surface area contributed by atoms with Gasteiger partial charge in [0.25, 0.3) is 5.69 Å².